The van der Waals surface area contributed by atoms with Crippen molar-refractivity contribution in [2.24, 2.45) is 0 Å². The lowest BCUT2D eigenvalue weighted by molar-refractivity contribution is -0.885. The second kappa shape index (κ2) is 7.69. The van der Waals surface area contributed by atoms with Crippen LogP contribution in [0.1, 0.15) is 5.56 Å². The van der Waals surface area contributed by atoms with Crippen molar-refractivity contribution in [2.75, 3.05) is 26.0 Å². The number of hydrogen-bond acceptors (Lipinski definition) is 2. The van der Waals surface area contributed by atoms with E-state index in [1.165, 1.54) is 6.07 Å². The van der Waals surface area contributed by atoms with E-state index in [-0.39, 0.29) is 18.1 Å². The van der Waals surface area contributed by atoms with Gasteiger partial charge in [0, 0.05) is 11.6 Å². The van der Waals surface area contributed by atoms with Crippen molar-refractivity contribution >= 4 is 11.6 Å². The van der Waals surface area contributed by atoms with Gasteiger partial charge in [0.1, 0.15) is 23.9 Å². The Hall–Kier alpha value is -2.47. The van der Waals surface area contributed by atoms with Crippen LogP contribution in [-0.4, -0.2) is 26.6 Å². The van der Waals surface area contributed by atoms with E-state index in [4.69, 9.17) is 4.74 Å². The lowest BCUT2D eigenvalue weighted by atomic mass is 10.2. The molecule has 4 nitrogen and oxygen atoms in total. The third-order valence-electron chi connectivity index (χ3n) is 3.31. The van der Waals surface area contributed by atoms with Gasteiger partial charge in [-0.1, -0.05) is 12.1 Å². The summed E-state index contributed by atoms with van der Waals surface area (Å²) in [6.45, 7) is 0.782. The fourth-order valence-corrected chi connectivity index (χ4v) is 2.25. The summed E-state index contributed by atoms with van der Waals surface area (Å²) in [6, 6.07) is 10.6. The molecule has 2 aromatic rings. The second-order valence-electron chi connectivity index (χ2n) is 5.33. The molecule has 2 aromatic carbocycles. The van der Waals surface area contributed by atoms with Gasteiger partial charge in [-0.25, -0.2) is 8.78 Å². The minimum absolute atomic E-state index is 0.0226. The number of methoxy groups -OCH3 is 1. The van der Waals surface area contributed by atoms with Gasteiger partial charge in [0.25, 0.3) is 5.91 Å². The van der Waals surface area contributed by atoms with Crippen LogP contribution in [0, 0.1) is 11.6 Å². The van der Waals surface area contributed by atoms with Gasteiger partial charge in [-0.15, -0.1) is 0 Å². The van der Waals surface area contributed by atoms with E-state index >= 15 is 0 Å². The van der Waals surface area contributed by atoms with Gasteiger partial charge in [0.2, 0.25) is 0 Å². The van der Waals surface area contributed by atoms with Gasteiger partial charge in [0.05, 0.1) is 19.8 Å². The number of hydrogen-bond donors (Lipinski definition) is 2. The molecule has 0 aliphatic heterocycles. The highest BCUT2D eigenvalue weighted by Crippen LogP contribution is 2.14. The molecular weight excluding hydrogens is 302 g/mol. The number of benzene rings is 2. The highest BCUT2D eigenvalue weighted by atomic mass is 19.1. The molecule has 2 N–H and O–H groups in total. The molecule has 0 spiro atoms. The smallest absolute Gasteiger partial charge is 0.279 e. The third kappa shape index (κ3) is 5.03. The number of halogens is 2. The van der Waals surface area contributed by atoms with Crippen LogP contribution in [0.25, 0.3) is 0 Å². The highest BCUT2D eigenvalue weighted by molar-refractivity contribution is 5.91. The van der Waals surface area contributed by atoms with Crippen LogP contribution < -0.4 is 15.0 Å². The van der Waals surface area contributed by atoms with Gasteiger partial charge in [-0.05, 0) is 24.3 Å². The van der Waals surface area contributed by atoms with Crippen molar-refractivity contribution in [1.82, 2.24) is 0 Å². The van der Waals surface area contributed by atoms with Crippen LogP contribution in [0.3, 0.4) is 0 Å². The van der Waals surface area contributed by atoms with Crippen molar-refractivity contribution in [3.05, 3.63) is 59.7 Å². The molecule has 1 atom stereocenters. The Balaban J connectivity index is 1.91. The fraction of sp³-hybridized carbons (Fsp3) is 0.235. The summed E-state index contributed by atoms with van der Waals surface area (Å²) in [4.78, 5) is 12.9. The number of ether oxygens (including phenoxy) is 1. The topological polar surface area (TPSA) is 42.8 Å². The predicted molar refractivity (Wildman–Crippen MR) is 83.4 cm³/mol. The van der Waals surface area contributed by atoms with Crippen LogP contribution in [0.2, 0.25) is 0 Å². The molecule has 0 aliphatic carbocycles. The maximum atomic E-state index is 13.5. The van der Waals surface area contributed by atoms with E-state index in [0.717, 1.165) is 28.3 Å². The molecule has 2 rings (SSSR count). The average Bonchev–Trinajstić information content (AvgIpc) is 2.50. The van der Waals surface area contributed by atoms with Gasteiger partial charge in [0.15, 0.2) is 6.54 Å². The van der Waals surface area contributed by atoms with Gasteiger partial charge < -0.3 is 15.0 Å². The summed E-state index contributed by atoms with van der Waals surface area (Å²) in [5.74, 6) is -1.05. The van der Waals surface area contributed by atoms with E-state index in [2.05, 4.69) is 5.32 Å². The number of amides is 1. The number of quaternary nitrogens is 1. The molecule has 0 saturated carbocycles. The maximum absolute atomic E-state index is 13.5. The Kier molecular flexibility index (Phi) is 5.65. The van der Waals surface area contributed by atoms with E-state index in [1.807, 2.05) is 31.3 Å². The molecule has 0 aliphatic rings. The fourth-order valence-electron chi connectivity index (χ4n) is 2.25. The zero-order chi connectivity index (χ0) is 16.8. The lowest BCUT2D eigenvalue weighted by Gasteiger charge is -2.14. The Morgan fingerprint density at radius 2 is 2.00 bits per heavy atom. The summed E-state index contributed by atoms with van der Waals surface area (Å²) < 4.78 is 31.5. The summed E-state index contributed by atoms with van der Waals surface area (Å²) >= 11 is 0. The average molecular weight is 321 g/mol. The standard InChI is InChI=1S/C17H18F2N2O2/c1-21(10-12-4-3-5-14(8-12)23-2)11-17(22)20-16-7-6-13(18)9-15(16)19/h3-9H,10-11H2,1-2H3,(H,20,22)/p+1. The first kappa shape index (κ1) is 16.9. The molecule has 122 valence electrons. The molecule has 6 heteroatoms. The van der Waals surface area contributed by atoms with E-state index in [9.17, 15) is 13.6 Å². The second-order valence-corrected chi connectivity index (χ2v) is 5.33. The molecule has 0 radical (unpaired) electrons. The minimum atomic E-state index is -0.788. The molecule has 0 bridgehead atoms. The van der Waals surface area contributed by atoms with Crippen LogP contribution >= 0.6 is 0 Å². The molecule has 0 saturated heterocycles. The Bertz CT molecular complexity index is 692. The Morgan fingerprint density at radius 3 is 2.70 bits per heavy atom. The van der Waals surface area contributed by atoms with Crippen molar-refractivity contribution in [3.8, 4) is 5.75 Å². The van der Waals surface area contributed by atoms with Gasteiger partial charge in [-0.2, -0.15) is 0 Å². The molecule has 23 heavy (non-hydrogen) atoms. The predicted octanol–water partition coefficient (Wildman–Crippen LogP) is 1.63. The SMILES string of the molecule is COc1cccc(C[NH+](C)CC(=O)Nc2ccc(F)cc2F)c1. The lowest BCUT2D eigenvalue weighted by Crippen LogP contribution is -3.08. The van der Waals surface area contributed by atoms with Crippen LogP contribution in [-0.2, 0) is 11.3 Å². The van der Waals surface area contributed by atoms with Gasteiger partial charge in [-0.3, -0.25) is 4.79 Å². The van der Waals surface area contributed by atoms with Crippen molar-refractivity contribution in [3.63, 3.8) is 0 Å². The van der Waals surface area contributed by atoms with Crippen molar-refractivity contribution < 1.29 is 23.2 Å². The molecule has 1 amide bonds. The Morgan fingerprint density at radius 1 is 1.22 bits per heavy atom. The first-order valence-corrected chi connectivity index (χ1v) is 7.17. The van der Waals surface area contributed by atoms with Crippen molar-refractivity contribution in [2.45, 2.75) is 6.54 Å². The number of likely N-dealkylation sites (N-methyl/N-ethyl adjacent to an activating group) is 1. The van der Waals surface area contributed by atoms with Crippen LogP contribution in [0.4, 0.5) is 14.5 Å². The summed E-state index contributed by atoms with van der Waals surface area (Å²) in [6.07, 6.45) is 0. The molecule has 0 heterocycles. The zero-order valence-electron chi connectivity index (χ0n) is 13.0. The molecule has 0 fully saturated rings. The van der Waals surface area contributed by atoms with Crippen LogP contribution in [0.5, 0.6) is 5.75 Å². The molecule has 0 aromatic heterocycles. The Labute approximate surface area is 133 Å². The van der Waals surface area contributed by atoms with E-state index < -0.39 is 11.6 Å². The van der Waals surface area contributed by atoms with Crippen molar-refractivity contribution in [1.29, 1.82) is 0 Å². The summed E-state index contributed by atoms with van der Waals surface area (Å²) in [5.41, 5.74) is 1.01. The quantitative estimate of drug-likeness (QED) is 0.849. The largest absolute Gasteiger partial charge is 0.497 e. The zero-order valence-corrected chi connectivity index (χ0v) is 13.0. The number of anilines is 1. The number of carbonyl (C=O) groups excluding carboxylic acids is 1. The van der Waals surface area contributed by atoms with Gasteiger partial charge >= 0.3 is 0 Å². The number of rotatable bonds is 6. The minimum Gasteiger partial charge on any atom is -0.497 e. The van der Waals surface area contributed by atoms with E-state index in [0.29, 0.717) is 6.54 Å². The summed E-state index contributed by atoms with van der Waals surface area (Å²) in [5, 5.41) is 2.45. The molecule has 1 unspecified atom stereocenters. The third-order valence-corrected chi connectivity index (χ3v) is 3.31. The highest BCUT2D eigenvalue weighted by Gasteiger charge is 2.13. The number of nitrogens with one attached hydrogen (secondary N) is 2. The first-order chi connectivity index (χ1) is 11.0. The van der Waals surface area contributed by atoms with Crippen LogP contribution in [0.15, 0.2) is 42.5 Å². The monoisotopic (exact) mass is 321 g/mol. The molecular formula is C17H19F2N2O2+. The summed E-state index contributed by atoms with van der Waals surface area (Å²) in [7, 11) is 3.46. The number of carbonyl (C=O) groups is 1. The normalized spacial score (nSPS) is 11.8. The van der Waals surface area contributed by atoms with E-state index in [1.54, 1.807) is 7.11 Å². The maximum Gasteiger partial charge on any atom is 0.279 e. The first-order valence-electron chi connectivity index (χ1n) is 7.17.